The molecular formula is C13H19NO2. The number of hydrogen-bond donors (Lipinski definition) is 2. The van der Waals surface area contributed by atoms with Crippen LogP contribution in [0.1, 0.15) is 32.3 Å². The first-order valence-electron chi connectivity index (χ1n) is 5.52. The highest BCUT2D eigenvalue weighted by atomic mass is 16.4. The first-order valence-corrected chi connectivity index (χ1v) is 5.52. The van der Waals surface area contributed by atoms with E-state index in [0.717, 1.165) is 5.56 Å². The number of para-hydroxylation sites is 1. The number of aliphatic carboxylic acids is 1. The topological polar surface area (TPSA) is 63.3 Å². The lowest BCUT2D eigenvalue weighted by atomic mass is 9.80. The number of anilines is 1. The summed E-state index contributed by atoms with van der Waals surface area (Å²) in [5, 5.41) is 9.31. The van der Waals surface area contributed by atoms with Crippen LogP contribution in [0, 0.1) is 11.8 Å². The smallest absolute Gasteiger partial charge is 0.311 e. The number of benzene rings is 1. The zero-order valence-corrected chi connectivity index (χ0v) is 9.97. The Morgan fingerprint density at radius 1 is 1.25 bits per heavy atom. The molecule has 0 bridgehead atoms. The van der Waals surface area contributed by atoms with Crippen LogP contribution in [0.15, 0.2) is 24.3 Å². The molecule has 2 atom stereocenters. The van der Waals surface area contributed by atoms with Crippen molar-refractivity contribution in [3.05, 3.63) is 29.8 Å². The fourth-order valence-corrected chi connectivity index (χ4v) is 1.82. The first kappa shape index (κ1) is 12.6. The van der Waals surface area contributed by atoms with Gasteiger partial charge in [-0.3, -0.25) is 4.79 Å². The normalized spacial score (nSPS) is 14.8. The minimum atomic E-state index is -0.806. The molecule has 0 saturated heterocycles. The largest absolute Gasteiger partial charge is 0.481 e. The molecule has 0 amide bonds. The summed E-state index contributed by atoms with van der Waals surface area (Å²) in [4.78, 5) is 11.3. The van der Waals surface area contributed by atoms with Crippen LogP contribution < -0.4 is 5.73 Å². The number of nitrogen functional groups attached to an aromatic ring is 1. The Kier molecular flexibility index (Phi) is 3.93. The molecular weight excluding hydrogens is 202 g/mol. The molecule has 0 saturated carbocycles. The molecule has 2 unspecified atom stereocenters. The van der Waals surface area contributed by atoms with Gasteiger partial charge in [0, 0.05) is 5.69 Å². The summed E-state index contributed by atoms with van der Waals surface area (Å²) in [7, 11) is 0. The van der Waals surface area contributed by atoms with Gasteiger partial charge in [-0.2, -0.15) is 0 Å². The molecule has 0 heterocycles. The quantitative estimate of drug-likeness (QED) is 0.768. The van der Waals surface area contributed by atoms with E-state index in [1.54, 1.807) is 12.1 Å². The molecule has 3 N–H and O–H groups in total. The van der Waals surface area contributed by atoms with E-state index in [1.807, 2.05) is 32.9 Å². The fraction of sp³-hybridized carbons (Fsp3) is 0.462. The van der Waals surface area contributed by atoms with E-state index >= 15 is 0 Å². The molecule has 3 heteroatoms. The SMILES string of the molecule is CC(C)C(C)C(C(=O)O)c1ccccc1N. The van der Waals surface area contributed by atoms with Gasteiger partial charge in [0.15, 0.2) is 0 Å². The lowest BCUT2D eigenvalue weighted by Gasteiger charge is -2.24. The molecule has 1 aromatic carbocycles. The van der Waals surface area contributed by atoms with Crippen LogP contribution in [0.25, 0.3) is 0 Å². The Bertz CT molecular complexity index is 374. The molecule has 0 aromatic heterocycles. The lowest BCUT2D eigenvalue weighted by Crippen LogP contribution is -2.24. The number of carboxylic acids is 1. The van der Waals surface area contributed by atoms with Crippen molar-refractivity contribution in [1.82, 2.24) is 0 Å². The van der Waals surface area contributed by atoms with E-state index in [2.05, 4.69) is 0 Å². The molecule has 88 valence electrons. The zero-order chi connectivity index (χ0) is 12.3. The molecule has 0 fully saturated rings. The Balaban J connectivity index is 3.13. The zero-order valence-electron chi connectivity index (χ0n) is 9.97. The van der Waals surface area contributed by atoms with Gasteiger partial charge in [0.2, 0.25) is 0 Å². The monoisotopic (exact) mass is 221 g/mol. The minimum Gasteiger partial charge on any atom is -0.481 e. The third-order valence-electron chi connectivity index (χ3n) is 3.17. The molecule has 0 aliphatic heterocycles. The standard InChI is InChI=1S/C13H19NO2/c1-8(2)9(3)12(13(15)16)10-6-4-5-7-11(10)14/h4-9,12H,14H2,1-3H3,(H,15,16). The second-order valence-electron chi connectivity index (χ2n) is 4.55. The van der Waals surface area contributed by atoms with Gasteiger partial charge < -0.3 is 10.8 Å². The maximum Gasteiger partial charge on any atom is 0.311 e. The Hall–Kier alpha value is -1.51. The van der Waals surface area contributed by atoms with Crippen LogP contribution in [-0.2, 0) is 4.79 Å². The van der Waals surface area contributed by atoms with Crippen LogP contribution in [0.3, 0.4) is 0 Å². The number of nitrogens with two attached hydrogens (primary N) is 1. The van der Waals surface area contributed by atoms with E-state index in [0.29, 0.717) is 11.6 Å². The molecule has 0 radical (unpaired) electrons. The molecule has 1 rings (SSSR count). The van der Waals surface area contributed by atoms with Gasteiger partial charge in [0.1, 0.15) is 0 Å². The maximum atomic E-state index is 11.3. The third kappa shape index (κ3) is 2.54. The van der Waals surface area contributed by atoms with Crippen LogP contribution in [0.2, 0.25) is 0 Å². The average molecular weight is 221 g/mol. The van der Waals surface area contributed by atoms with E-state index in [4.69, 9.17) is 5.73 Å². The predicted molar refractivity (Wildman–Crippen MR) is 65.2 cm³/mol. The van der Waals surface area contributed by atoms with Crippen molar-refractivity contribution in [3.8, 4) is 0 Å². The van der Waals surface area contributed by atoms with Gasteiger partial charge in [-0.05, 0) is 23.5 Å². The fourth-order valence-electron chi connectivity index (χ4n) is 1.82. The van der Waals surface area contributed by atoms with Gasteiger partial charge in [-0.15, -0.1) is 0 Å². The van der Waals surface area contributed by atoms with Gasteiger partial charge >= 0.3 is 5.97 Å². The van der Waals surface area contributed by atoms with Crippen LogP contribution >= 0.6 is 0 Å². The summed E-state index contributed by atoms with van der Waals surface area (Å²) in [5.41, 5.74) is 7.11. The Morgan fingerprint density at radius 2 is 1.81 bits per heavy atom. The molecule has 16 heavy (non-hydrogen) atoms. The van der Waals surface area contributed by atoms with Gasteiger partial charge in [-0.1, -0.05) is 39.0 Å². The average Bonchev–Trinajstić information content (AvgIpc) is 2.20. The van der Waals surface area contributed by atoms with Crippen molar-refractivity contribution in [2.75, 3.05) is 5.73 Å². The van der Waals surface area contributed by atoms with Crippen LogP contribution in [-0.4, -0.2) is 11.1 Å². The van der Waals surface area contributed by atoms with Crippen LogP contribution in [0.5, 0.6) is 0 Å². The second kappa shape index (κ2) is 5.01. The molecule has 1 aromatic rings. The van der Waals surface area contributed by atoms with Crippen molar-refractivity contribution in [1.29, 1.82) is 0 Å². The van der Waals surface area contributed by atoms with Crippen molar-refractivity contribution >= 4 is 11.7 Å². The minimum absolute atomic E-state index is 0.0576. The van der Waals surface area contributed by atoms with Gasteiger partial charge in [0.05, 0.1) is 5.92 Å². The van der Waals surface area contributed by atoms with Gasteiger partial charge in [-0.25, -0.2) is 0 Å². The summed E-state index contributed by atoms with van der Waals surface area (Å²) in [6, 6.07) is 7.19. The predicted octanol–water partition coefficient (Wildman–Crippen LogP) is 2.73. The summed E-state index contributed by atoms with van der Waals surface area (Å²) in [5.74, 6) is -0.969. The summed E-state index contributed by atoms with van der Waals surface area (Å²) < 4.78 is 0. The first-order chi connectivity index (χ1) is 7.45. The highest BCUT2D eigenvalue weighted by Crippen LogP contribution is 2.33. The van der Waals surface area contributed by atoms with Crippen LogP contribution in [0.4, 0.5) is 5.69 Å². The molecule has 0 aliphatic rings. The number of carboxylic acid groups (broad SMARTS) is 1. The second-order valence-corrected chi connectivity index (χ2v) is 4.55. The molecule has 3 nitrogen and oxygen atoms in total. The van der Waals surface area contributed by atoms with Gasteiger partial charge in [0.25, 0.3) is 0 Å². The number of hydrogen-bond acceptors (Lipinski definition) is 2. The highest BCUT2D eigenvalue weighted by molar-refractivity contribution is 5.79. The van der Waals surface area contributed by atoms with E-state index in [-0.39, 0.29) is 5.92 Å². The van der Waals surface area contributed by atoms with Crippen molar-refractivity contribution in [3.63, 3.8) is 0 Å². The molecule has 0 aliphatic carbocycles. The van der Waals surface area contributed by atoms with E-state index in [9.17, 15) is 9.90 Å². The Labute approximate surface area is 96.3 Å². The van der Waals surface area contributed by atoms with Crippen molar-refractivity contribution in [2.24, 2.45) is 11.8 Å². The van der Waals surface area contributed by atoms with E-state index in [1.165, 1.54) is 0 Å². The summed E-state index contributed by atoms with van der Waals surface area (Å²) in [6.07, 6.45) is 0. The Morgan fingerprint density at radius 3 is 2.25 bits per heavy atom. The van der Waals surface area contributed by atoms with E-state index < -0.39 is 11.9 Å². The maximum absolute atomic E-state index is 11.3. The summed E-state index contributed by atoms with van der Waals surface area (Å²) >= 11 is 0. The van der Waals surface area contributed by atoms with Crippen molar-refractivity contribution < 1.29 is 9.90 Å². The molecule has 0 spiro atoms. The number of rotatable bonds is 4. The summed E-state index contributed by atoms with van der Waals surface area (Å²) in [6.45, 7) is 6.01. The van der Waals surface area contributed by atoms with Crippen molar-refractivity contribution in [2.45, 2.75) is 26.7 Å². The third-order valence-corrected chi connectivity index (χ3v) is 3.17. The highest BCUT2D eigenvalue weighted by Gasteiger charge is 2.29. The number of carbonyl (C=O) groups is 1. The lowest BCUT2D eigenvalue weighted by molar-refractivity contribution is -0.140.